The Morgan fingerprint density at radius 3 is 2.62 bits per heavy atom. The van der Waals surface area contributed by atoms with Crippen molar-refractivity contribution in [1.82, 2.24) is 19.4 Å². The average Bonchev–Trinajstić information content (AvgIpc) is 3.45. The smallest absolute Gasteiger partial charge is 0.268 e. The Bertz CT molecular complexity index is 1360. The van der Waals surface area contributed by atoms with Gasteiger partial charge in [-0.3, -0.25) is 0 Å². The van der Waals surface area contributed by atoms with Crippen LogP contribution in [0.25, 0.3) is 11.3 Å². The molecule has 1 atom stereocenters. The van der Waals surface area contributed by atoms with Crippen LogP contribution in [0.5, 0.6) is 0 Å². The second kappa shape index (κ2) is 9.09. The summed E-state index contributed by atoms with van der Waals surface area (Å²) < 4.78 is 33.9. The average molecular weight is 449 g/mol. The van der Waals surface area contributed by atoms with E-state index in [1.54, 1.807) is 49.6 Å². The standard InChI is InChI=1S/C23H20N4O4S/c1-17(28)23-24-13-14-27(23)16-20-15-22(31-26-20)19-9-7-18(8-10-19)11-12-25-32(29,30)21-5-3-2-4-6-21/h2-10,13-15,17,25,28H,16H2,1H3/t17-/m0/s1. The Morgan fingerprint density at radius 1 is 1.16 bits per heavy atom. The summed E-state index contributed by atoms with van der Waals surface area (Å²) >= 11 is 0. The zero-order valence-electron chi connectivity index (χ0n) is 17.1. The van der Waals surface area contributed by atoms with E-state index in [4.69, 9.17) is 4.52 Å². The summed E-state index contributed by atoms with van der Waals surface area (Å²) in [6.45, 7) is 2.08. The van der Waals surface area contributed by atoms with Crippen LogP contribution in [-0.2, 0) is 16.6 Å². The van der Waals surface area contributed by atoms with Gasteiger partial charge in [-0.2, -0.15) is 0 Å². The molecule has 0 aliphatic carbocycles. The molecule has 0 aliphatic rings. The first-order chi connectivity index (χ1) is 15.4. The van der Waals surface area contributed by atoms with Crippen LogP contribution in [-0.4, -0.2) is 28.2 Å². The lowest BCUT2D eigenvalue weighted by Gasteiger charge is -2.07. The normalized spacial score (nSPS) is 12.1. The molecule has 32 heavy (non-hydrogen) atoms. The highest BCUT2D eigenvalue weighted by molar-refractivity contribution is 7.89. The first-order valence-electron chi connectivity index (χ1n) is 9.75. The van der Waals surface area contributed by atoms with Gasteiger partial charge in [0.25, 0.3) is 10.0 Å². The van der Waals surface area contributed by atoms with Gasteiger partial charge in [-0.05, 0) is 49.2 Å². The van der Waals surface area contributed by atoms with Crippen molar-refractivity contribution in [2.24, 2.45) is 0 Å². The number of hydrogen-bond donors (Lipinski definition) is 2. The van der Waals surface area contributed by atoms with Gasteiger partial charge in [-0.15, -0.1) is 0 Å². The lowest BCUT2D eigenvalue weighted by molar-refractivity contribution is 0.184. The topological polar surface area (TPSA) is 110 Å². The third-order valence-electron chi connectivity index (χ3n) is 4.63. The highest BCUT2D eigenvalue weighted by Crippen LogP contribution is 2.22. The van der Waals surface area contributed by atoms with E-state index in [-0.39, 0.29) is 4.90 Å². The Kier molecular flexibility index (Phi) is 6.07. The van der Waals surface area contributed by atoms with Crippen molar-refractivity contribution in [3.05, 3.63) is 90.1 Å². The summed E-state index contributed by atoms with van der Waals surface area (Å²) in [5.41, 5.74) is 2.14. The van der Waals surface area contributed by atoms with Crippen LogP contribution >= 0.6 is 0 Å². The monoisotopic (exact) mass is 448 g/mol. The molecule has 0 aliphatic heterocycles. The minimum absolute atomic E-state index is 0.155. The fraction of sp³-hybridized carbons (Fsp3) is 0.130. The maximum Gasteiger partial charge on any atom is 0.268 e. The highest BCUT2D eigenvalue weighted by atomic mass is 32.2. The van der Waals surface area contributed by atoms with Crippen LogP contribution in [0.15, 0.2) is 82.5 Å². The molecule has 2 aromatic carbocycles. The molecular weight excluding hydrogens is 428 g/mol. The predicted octanol–water partition coefficient (Wildman–Crippen LogP) is 2.93. The summed E-state index contributed by atoms with van der Waals surface area (Å²) in [6, 6.07) is 19.5. The molecule has 9 heteroatoms. The van der Waals surface area contributed by atoms with E-state index in [0.717, 1.165) is 5.56 Å². The largest absolute Gasteiger partial charge is 0.385 e. The van der Waals surface area contributed by atoms with Crippen molar-refractivity contribution in [3.8, 4) is 23.3 Å². The Labute approximate surface area is 185 Å². The number of sulfonamides is 1. The van der Waals surface area contributed by atoms with Gasteiger partial charge in [0.2, 0.25) is 0 Å². The summed E-state index contributed by atoms with van der Waals surface area (Å²) in [5.74, 6) is 3.92. The minimum Gasteiger partial charge on any atom is -0.385 e. The number of rotatable bonds is 6. The maximum atomic E-state index is 12.2. The fourth-order valence-corrected chi connectivity index (χ4v) is 3.88. The summed E-state index contributed by atoms with van der Waals surface area (Å²) in [7, 11) is -3.68. The van der Waals surface area contributed by atoms with E-state index < -0.39 is 16.1 Å². The molecule has 162 valence electrons. The zero-order valence-corrected chi connectivity index (χ0v) is 18.0. The van der Waals surface area contributed by atoms with Crippen molar-refractivity contribution in [2.75, 3.05) is 0 Å². The second-order valence-electron chi connectivity index (χ2n) is 7.02. The third kappa shape index (κ3) is 4.88. The second-order valence-corrected chi connectivity index (χ2v) is 8.70. The molecule has 0 saturated carbocycles. The number of hydrogen-bond acceptors (Lipinski definition) is 6. The Balaban J connectivity index is 1.43. The fourth-order valence-electron chi connectivity index (χ4n) is 3.06. The van der Waals surface area contributed by atoms with Gasteiger partial charge < -0.3 is 14.2 Å². The van der Waals surface area contributed by atoms with Gasteiger partial charge in [-0.25, -0.2) is 18.1 Å². The van der Waals surface area contributed by atoms with Crippen LogP contribution < -0.4 is 4.72 Å². The SMILES string of the molecule is C[C@H](O)c1nccn1Cc1cc(-c2ccc(C#CNS(=O)(=O)c3ccccc3)cc2)on1. The number of aliphatic hydroxyl groups is 1. The molecule has 0 radical (unpaired) electrons. The lowest BCUT2D eigenvalue weighted by Crippen LogP contribution is -2.18. The first kappa shape index (κ1) is 21.4. The number of aromatic nitrogens is 3. The molecule has 4 rings (SSSR count). The van der Waals surface area contributed by atoms with E-state index >= 15 is 0 Å². The number of benzene rings is 2. The van der Waals surface area contributed by atoms with Crippen LogP contribution in [0.3, 0.4) is 0 Å². The van der Waals surface area contributed by atoms with Crippen LogP contribution in [0.4, 0.5) is 0 Å². The van der Waals surface area contributed by atoms with Crippen molar-refractivity contribution >= 4 is 10.0 Å². The highest BCUT2D eigenvalue weighted by Gasteiger charge is 2.13. The molecule has 0 amide bonds. The lowest BCUT2D eigenvalue weighted by atomic mass is 10.1. The van der Waals surface area contributed by atoms with E-state index in [1.807, 2.05) is 22.8 Å². The van der Waals surface area contributed by atoms with Gasteiger partial charge in [0.1, 0.15) is 17.6 Å². The van der Waals surface area contributed by atoms with Crippen molar-refractivity contribution in [1.29, 1.82) is 0 Å². The van der Waals surface area contributed by atoms with E-state index in [1.165, 1.54) is 12.1 Å². The predicted molar refractivity (Wildman–Crippen MR) is 118 cm³/mol. The van der Waals surface area contributed by atoms with E-state index in [2.05, 4.69) is 26.8 Å². The Hall–Kier alpha value is -3.87. The van der Waals surface area contributed by atoms with Crippen molar-refractivity contribution in [2.45, 2.75) is 24.5 Å². The molecular formula is C23H20N4O4S. The van der Waals surface area contributed by atoms with Gasteiger partial charge in [-0.1, -0.05) is 23.4 Å². The van der Waals surface area contributed by atoms with Crippen LogP contribution in [0.1, 0.15) is 30.1 Å². The molecule has 2 heterocycles. The van der Waals surface area contributed by atoms with E-state index in [0.29, 0.717) is 29.4 Å². The summed E-state index contributed by atoms with van der Waals surface area (Å²) in [6.07, 6.45) is 2.72. The molecule has 4 aromatic rings. The molecule has 0 saturated heterocycles. The van der Waals surface area contributed by atoms with Crippen LogP contribution in [0.2, 0.25) is 0 Å². The number of nitrogens with zero attached hydrogens (tertiary/aromatic N) is 3. The van der Waals surface area contributed by atoms with Gasteiger partial charge in [0.05, 0.1) is 11.4 Å². The molecule has 2 aromatic heterocycles. The summed E-state index contributed by atoms with van der Waals surface area (Å²) in [4.78, 5) is 4.30. The first-order valence-corrected chi connectivity index (χ1v) is 11.2. The quantitative estimate of drug-likeness (QED) is 0.347. The van der Waals surface area contributed by atoms with Crippen molar-refractivity contribution < 1.29 is 18.0 Å². The molecule has 0 spiro atoms. The van der Waals surface area contributed by atoms with Crippen molar-refractivity contribution in [3.63, 3.8) is 0 Å². The maximum absolute atomic E-state index is 12.2. The zero-order chi connectivity index (χ0) is 22.6. The molecule has 2 N–H and O–H groups in total. The van der Waals surface area contributed by atoms with Gasteiger partial charge >= 0.3 is 0 Å². The van der Waals surface area contributed by atoms with Gasteiger partial charge in [0, 0.05) is 35.6 Å². The number of imidazole rings is 1. The molecule has 0 fully saturated rings. The minimum atomic E-state index is -3.68. The molecule has 0 bridgehead atoms. The van der Waals surface area contributed by atoms with Crippen LogP contribution in [0, 0.1) is 12.0 Å². The molecule has 0 unspecified atom stereocenters. The number of aliphatic hydroxyl groups excluding tert-OH is 1. The molecule has 8 nitrogen and oxygen atoms in total. The van der Waals surface area contributed by atoms with E-state index in [9.17, 15) is 13.5 Å². The third-order valence-corrected chi connectivity index (χ3v) is 5.89. The van der Waals surface area contributed by atoms with Gasteiger partial charge in [0.15, 0.2) is 5.76 Å². The number of nitrogens with one attached hydrogen (secondary N) is 1. The Morgan fingerprint density at radius 2 is 1.91 bits per heavy atom. The summed E-state index contributed by atoms with van der Waals surface area (Å²) in [5, 5.41) is 13.9.